The summed E-state index contributed by atoms with van der Waals surface area (Å²) in [5.41, 5.74) is 1.13. The quantitative estimate of drug-likeness (QED) is 0.411. The summed E-state index contributed by atoms with van der Waals surface area (Å²) >= 11 is 0. The van der Waals surface area contributed by atoms with Gasteiger partial charge < -0.3 is 19.7 Å². The predicted molar refractivity (Wildman–Crippen MR) is 110 cm³/mol. The van der Waals surface area contributed by atoms with Gasteiger partial charge in [-0.25, -0.2) is 4.99 Å². The summed E-state index contributed by atoms with van der Waals surface area (Å²) in [5.74, 6) is 2.62. The van der Waals surface area contributed by atoms with Gasteiger partial charge >= 0.3 is 0 Å². The number of ether oxygens (including phenoxy) is 2. The first kappa shape index (κ1) is 20.9. The van der Waals surface area contributed by atoms with Crippen molar-refractivity contribution in [3.05, 3.63) is 23.8 Å². The Morgan fingerprint density at radius 3 is 2.67 bits per heavy atom. The topological polar surface area (TPSA) is 46.1 Å². The molecule has 1 N–H and O–H groups in total. The Bertz CT molecular complexity index is 523. The van der Waals surface area contributed by atoms with Crippen molar-refractivity contribution >= 4 is 29.9 Å². The lowest BCUT2D eigenvalue weighted by Gasteiger charge is -2.21. The van der Waals surface area contributed by atoms with Gasteiger partial charge in [0.2, 0.25) is 0 Å². The second-order valence-electron chi connectivity index (χ2n) is 5.78. The van der Waals surface area contributed by atoms with E-state index in [1.165, 1.54) is 12.8 Å². The molecule has 136 valence electrons. The molecule has 1 aromatic rings. The Balaban J connectivity index is 0.00000288. The molecule has 24 heavy (non-hydrogen) atoms. The van der Waals surface area contributed by atoms with Crippen molar-refractivity contribution in [2.24, 2.45) is 4.99 Å². The molecular weight excluding hydrogens is 417 g/mol. The summed E-state index contributed by atoms with van der Waals surface area (Å²) in [7, 11) is 2.09. The summed E-state index contributed by atoms with van der Waals surface area (Å²) in [4.78, 5) is 6.93. The lowest BCUT2D eigenvalue weighted by Crippen LogP contribution is -2.39. The van der Waals surface area contributed by atoms with Crippen LogP contribution in [-0.2, 0) is 6.54 Å². The lowest BCUT2D eigenvalue weighted by molar-refractivity contribution is 0.297. The van der Waals surface area contributed by atoms with E-state index in [0.29, 0.717) is 13.2 Å². The van der Waals surface area contributed by atoms with Crippen molar-refractivity contribution in [3.8, 4) is 11.5 Å². The molecule has 0 spiro atoms. The molecule has 0 radical (unpaired) electrons. The molecule has 0 fully saturated rings. The third-order valence-electron chi connectivity index (χ3n) is 3.77. The lowest BCUT2D eigenvalue weighted by atomic mass is 10.2. The molecule has 1 heterocycles. The van der Waals surface area contributed by atoms with E-state index in [0.717, 1.165) is 49.1 Å². The maximum absolute atomic E-state index is 5.74. The van der Waals surface area contributed by atoms with Crippen molar-refractivity contribution in [1.82, 2.24) is 10.2 Å². The van der Waals surface area contributed by atoms with Crippen LogP contribution in [0.1, 0.15) is 38.7 Å². The van der Waals surface area contributed by atoms with Gasteiger partial charge in [0.1, 0.15) is 0 Å². The van der Waals surface area contributed by atoms with Crippen LogP contribution in [0.4, 0.5) is 0 Å². The van der Waals surface area contributed by atoms with Gasteiger partial charge in [-0.3, -0.25) is 0 Å². The normalized spacial score (nSPS) is 13.7. The van der Waals surface area contributed by atoms with E-state index in [1.54, 1.807) is 0 Å². The molecule has 0 aliphatic carbocycles. The van der Waals surface area contributed by atoms with Crippen LogP contribution in [0, 0.1) is 0 Å². The monoisotopic (exact) mass is 447 g/mol. The van der Waals surface area contributed by atoms with Gasteiger partial charge in [-0.15, -0.1) is 24.0 Å². The highest BCUT2D eigenvalue weighted by molar-refractivity contribution is 14.0. The van der Waals surface area contributed by atoms with E-state index in [1.807, 2.05) is 12.1 Å². The fraction of sp³-hybridized carbons (Fsp3) is 0.611. The number of nitrogens with one attached hydrogen (secondary N) is 1. The van der Waals surface area contributed by atoms with Gasteiger partial charge in [0.05, 0.1) is 19.8 Å². The molecule has 1 aliphatic rings. The van der Waals surface area contributed by atoms with Crippen LogP contribution in [0.2, 0.25) is 0 Å². The molecule has 0 saturated carbocycles. The summed E-state index contributed by atoms with van der Waals surface area (Å²) in [6.45, 7) is 8.25. The highest BCUT2D eigenvalue weighted by Gasteiger charge is 2.11. The van der Waals surface area contributed by atoms with Crippen molar-refractivity contribution < 1.29 is 9.47 Å². The fourth-order valence-corrected chi connectivity index (χ4v) is 2.44. The van der Waals surface area contributed by atoms with Crippen molar-refractivity contribution in [1.29, 1.82) is 0 Å². The summed E-state index contributed by atoms with van der Waals surface area (Å²) in [6.07, 6.45) is 3.28. The third kappa shape index (κ3) is 6.37. The van der Waals surface area contributed by atoms with Crippen LogP contribution < -0.4 is 14.8 Å². The van der Waals surface area contributed by atoms with Crippen LogP contribution in [0.25, 0.3) is 0 Å². The second kappa shape index (κ2) is 11.4. The number of halogens is 1. The Hall–Kier alpha value is -1.18. The third-order valence-corrected chi connectivity index (χ3v) is 3.77. The zero-order valence-corrected chi connectivity index (χ0v) is 17.3. The van der Waals surface area contributed by atoms with E-state index < -0.39 is 0 Å². The minimum Gasteiger partial charge on any atom is -0.490 e. The Labute approximate surface area is 162 Å². The number of guanidine groups is 1. The molecular formula is C18H30IN3O2. The number of aliphatic imine (C=N–C) groups is 1. The first-order chi connectivity index (χ1) is 11.2. The van der Waals surface area contributed by atoms with Crippen LogP contribution in [0.15, 0.2) is 23.2 Å². The van der Waals surface area contributed by atoms with Crippen molar-refractivity contribution in [2.75, 3.05) is 33.4 Å². The smallest absolute Gasteiger partial charge is 0.193 e. The number of rotatable bonds is 6. The average Bonchev–Trinajstić information content (AvgIpc) is 2.81. The number of hydrogen-bond donors (Lipinski definition) is 1. The minimum absolute atomic E-state index is 0. The fourth-order valence-electron chi connectivity index (χ4n) is 2.44. The van der Waals surface area contributed by atoms with Gasteiger partial charge in [-0.1, -0.05) is 19.4 Å². The molecule has 1 aromatic carbocycles. The van der Waals surface area contributed by atoms with Crippen molar-refractivity contribution in [2.45, 2.75) is 39.7 Å². The maximum Gasteiger partial charge on any atom is 0.193 e. The summed E-state index contributed by atoms with van der Waals surface area (Å²) < 4.78 is 11.4. The van der Waals surface area contributed by atoms with Crippen LogP contribution in [0.3, 0.4) is 0 Å². The molecule has 0 amide bonds. The zero-order valence-electron chi connectivity index (χ0n) is 15.0. The minimum atomic E-state index is 0. The Kier molecular flexibility index (Phi) is 9.90. The van der Waals surface area contributed by atoms with Crippen molar-refractivity contribution in [3.63, 3.8) is 0 Å². The SMILES string of the molecule is CCCCN(C)C(=NCc1ccc2c(c1)OCCCO2)NCC.I. The maximum atomic E-state index is 5.74. The molecule has 0 atom stereocenters. The van der Waals surface area contributed by atoms with Crippen LogP contribution >= 0.6 is 24.0 Å². The standard InChI is InChI=1S/C18H29N3O2.HI/c1-4-6-10-21(3)18(19-5-2)20-14-15-8-9-16-17(13-15)23-12-7-11-22-16;/h8-9,13H,4-7,10-12,14H2,1-3H3,(H,19,20);1H. The highest BCUT2D eigenvalue weighted by atomic mass is 127. The van der Waals surface area contributed by atoms with Gasteiger partial charge in [-0.05, 0) is 31.0 Å². The van der Waals surface area contributed by atoms with E-state index in [9.17, 15) is 0 Å². The van der Waals surface area contributed by atoms with Gasteiger partial charge in [-0.2, -0.15) is 0 Å². The molecule has 0 unspecified atom stereocenters. The van der Waals surface area contributed by atoms with E-state index in [-0.39, 0.29) is 24.0 Å². The van der Waals surface area contributed by atoms with Crippen LogP contribution in [0.5, 0.6) is 11.5 Å². The second-order valence-corrected chi connectivity index (χ2v) is 5.78. The average molecular weight is 447 g/mol. The van der Waals surface area contributed by atoms with Gasteiger partial charge in [0.15, 0.2) is 17.5 Å². The van der Waals surface area contributed by atoms with Gasteiger partial charge in [0, 0.05) is 26.6 Å². The number of unbranched alkanes of at least 4 members (excludes halogenated alkanes) is 1. The molecule has 2 rings (SSSR count). The van der Waals surface area contributed by atoms with E-state index in [2.05, 4.69) is 37.2 Å². The molecule has 1 aliphatic heterocycles. The first-order valence-electron chi connectivity index (χ1n) is 8.62. The summed E-state index contributed by atoms with van der Waals surface area (Å²) in [5, 5.41) is 3.35. The first-order valence-corrected chi connectivity index (χ1v) is 8.62. The number of hydrogen-bond acceptors (Lipinski definition) is 3. The highest BCUT2D eigenvalue weighted by Crippen LogP contribution is 2.30. The molecule has 6 heteroatoms. The van der Waals surface area contributed by atoms with Gasteiger partial charge in [0.25, 0.3) is 0 Å². The Morgan fingerprint density at radius 1 is 1.21 bits per heavy atom. The molecule has 0 aromatic heterocycles. The predicted octanol–water partition coefficient (Wildman–Crippen LogP) is 3.66. The Morgan fingerprint density at radius 2 is 1.96 bits per heavy atom. The largest absolute Gasteiger partial charge is 0.490 e. The van der Waals surface area contributed by atoms with Crippen LogP contribution in [-0.4, -0.2) is 44.2 Å². The van der Waals surface area contributed by atoms with E-state index >= 15 is 0 Å². The number of fused-ring (bicyclic) bond motifs is 1. The number of nitrogens with zero attached hydrogens (tertiary/aromatic N) is 2. The summed E-state index contributed by atoms with van der Waals surface area (Å²) in [6, 6.07) is 6.09. The zero-order chi connectivity index (χ0) is 16.5. The number of benzene rings is 1. The molecule has 5 nitrogen and oxygen atoms in total. The molecule has 0 bridgehead atoms. The molecule has 0 saturated heterocycles. The van der Waals surface area contributed by atoms with E-state index in [4.69, 9.17) is 14.5 Å².